The minimum atomic E-state index is 0.408. The molecular formula is C17H18N2. The lowest BCUT2D eigenvalue weighted by Gasteiger charge is -2.59. The Balaban J connectivity index is 1.71. The number of piperazine rings is 1. The van der Waals surface area contributed by atoms with E-state index in [-0.39, 0.29) is 0 Å². The maximum atomic E-state index is 3.49. The van der Waals surface area contributed by atoms with E-state index < -0.39 is 0 Å². The molecule has 4 rings (SSSR count). The first-order chi connectivity index (χ1) is 9.43. The highest BCUT2D eigenvalue weighted by molar-refractivity contribution is 5.33. The maximum Gasteiger partial charge on any atom is 0.0605 e. The van der Waals surface area contributed by atoms with Crippen LogP contribution in [0.15, 0.2) is 60.7 Å². The fraction of sp³-hybridized carbons (Fsp3) is 0.294. The van der Waals surface area contributed by atoms with Crippen LogP contribution in [0.5, 0.6) is 0 Å². The summed E-state index contributed by atoms with van der Waals surface area (Å²) in [7, 11) is 0. The molecule has 2 aromatic rings. The van der Waals surface area contributed by atoms with Gasteiger partial charge in [0.1, 0.15) is 0 Å². The second kappa shape index (κ2) is 4.48. The predicted octanol–water partition coefficient (Wildman–Crippen LogP) is 2.43. The van der Waals surface area contributed by atoms with Crippen LogP contribution >= 0.6 is 0 Å². The summed E-state index contributed by atoms with van der Waals surface area (Å²) in [4.78, 5) is 2.63. The van der Waals surface area contributed by atoms with Gasteiger partial charge in [-0.3, -0.25) is 4.90 Å². The highest BCUT2D eigenvalue weighted by atomic mass is 15.4. The van der Waals surface area contributed by atoms with Crippen molar-refractivity contribution in [1.82, 2.24) is 10.2 Å². The minimum Gasteiger partial charge on any atom is -0.310 e. The van der Waals surface area contributed by atoms with Crippen molar-refractivity contribution in [3.8, 4) is 0 Å². The first kappa shape index (κ1) is 11.2. The summed E-state index contributed by atoms with van der Waals surface area (Å²) in [6, 6.07) is 23.6. The summed E-state index contributed by atoms with van der Waals surface area (Å²) >= 11 is 0. The van der Waals surface area contributed by atoms with Gasteiger partial charge in [-0.2, -0.15) is 0 Å². The number of hydrogen-bond acceptors (Lipinski definition) is 2. The van der Waals surface area contributed by atoms with E-state index in [1.807, 2.05) is 0 Å². The van der Waals surface area contributed by atoms with Gasteiger partial charge in [0.15, 0.2) is 0 Å². The summed E-state index contributed by atoms with van der Waals surface area (Å²) in [6.45, 7) is 2.31. The van der Waals surface area contributed by atoms with E-state index in [1.165, 1.54) is 17.7 Å². The molecule has 0 aliphatic carbocycles. The lowest BCUT2D eigenvalue weighted by atomic mass is 9.83. The van der Waals surface area contributed by atoms with Crippen LogP contribution < -0.4 is 5.32 Å². The molecule has 2 aliphatic rings. The molecule has 19 heavy (non-hydrogen) atoms. The number of rotatable bonds is 3. The van der Waals surface area contributed by atoms with Crippen molar-refractivity contribution < 1.29 is 0 Å². The molecule has 0 saturated carbocycles. The van der Waals surface area contributed by atoms with Gasteiger partial charge in [0, 0.05) is 25.2 Å². The van der Waals surface area contributed by atoms with E-state index in [2.05, 4.69) is 70.9 Å². The van der Waals surface area contributed by atoms with E-state index >= 15 is 0 Å². The van der Waals surface area contributed by atoms with Gasteiger partial charge in [-0.1, -0.05) is 60.7 Å². The molecule has 2 heteroatoms. The monoisotopic (exact) mass is 250 g/mol. The zero-order valence-electron chi connectivity index (χ0n) is 10.9. The van der Waals surface area contributed by atoms with E-state index in [0.29, 0.717) is 6.04 Å². The quantitative estimate of drug-likeness (QED) is 0.900. The lowest BCUT2D eigenvalue weighted by molar-refractivity contribution is -0.0396. The largest absolute Gasteiger partial charge is 0.310 e. The Bertz CT molecular complexity index is 512. The van der Waals surface area contributed by atoms with Crippen LogP contribution in [-0.2, 0) is 0 Å². The number of likely N-dealkylation sites (tertiary alicyclic amines) is 1. The SMILES string of the molecule is c1ccc(C(c2ccccc2)N2C[C@H]3NCC32)cc1. The average Bonchev–Trinajstić information content (AvgIpc) is 2.46. The summed E-state index contributed by atoms with van der Waals surface area (Å²) < 4.78 is 0. The Morgan fingerprint density at radius 3 is 1.84 bits per heavy atom. The number of nitrogens with one attached hydrogen (secondary N) is 1. The average molecular weight is 250 g/mol. The molecule has 1 unspecified atom stereocenters. The molecular weight excluding hydrogens is 232 g/mol. The van der Waals surface area contributed by atoms with Crippen molar-refractivity contribution in [3.05, 3.63) is 71.8 Å². The molecule has 0 bridgehead atoms. The van der Waals surface area contributed by atoms with Crippen molar-refractivity contribution in [2.45, 2.75) is 18.1 Å². The van der Waals surface area contributed by atoms with Crippen LogP contribution in [-0.4, -0.2) is 30.1 Å². The molecule has 0 spiro atoms. The van der Waals surface area contributed by atoms with Crippen LogP contribution in [0.1, 0.15) is 17.2 Å². The normalized spacial score (nSPS) is 25.5. The third-order valence-electron chi connectivity index (χ3n) is 4.45. The Morgan fingerprint density at radius 2 is 1.47 bits per heavy atom. The molecule has 0 radical (unpaired) electrons. The van der Waals surface area contributed by atoms with Crippen LogP contribution in [0, 0.1) is 0 Å². The van der Waals surface area contributed by atoms with Gasteiger partial charge in [0.2, 0.25) is 0 Å². The Labute approximate surface area is 114 Å². The second-order valence-corrected chi connectivity index (χ2v) is 5.50. The molecule has 2 atom stereocenters. The van der Waals surface area contributed by atoms with Crippen molar-refractivity contribution in [1.29, 1.82) is 0 Å². The maximum absolute atomic E-state index is 3.49. The zero-order valence-corrected chi connectivity index (χ0v) is 10.9. The molecule has 2 saturated heterocycles. The molecule has 96 valence electrons. The van der Waals surface area contributed by atoms with Crippen LogP contribution in [0.4, 0.5) is 0 Å². The van der Waals surface area contributed by atoms with Crippen molar-refractivity contribution in [2.75, 3.05) is 13.1 Å². The minimum absolute atomic E-state index is 0.408. The third kappa shape index (κ3) is 1.79. The van der Waals surface area contributed by atoms with Crippen molar-refractivity contribution in [2.24, 2.45) is 0 Å². The predicted molar refractivity (Wildman–Crippen MR) is 77.0 cm³/mol. The fourth-order valence-corrected chi connectivity index (χ4v) is 3.29. The first-order valence-electron chi connectivity index (χ1n) is 7.02. The van der Waals surface area contributed by atoms with Gasteiger partial charge < -0.3 is 5.32 Å². The molecule has 0 amide bonds. The summed E-state index contributed by atoms with van der Waals surface area (Å²) in [5, 5.41) is 3.49. The lowest BCUT2D eigenvalue weighted by Crippen LogP contribution is -2.78. The summed E-state index contributed by atoms with van der Waals surface area (Å²) in [6.07, 6.45) is 0. The Hall–Kier alpha value is -1.64. The second-order valence-electron chi connectivity index (χ2n) is 5.50. The summed E-state index contributed by atoms with van der Waals surface area (Å²) in [5.41, 5.74) is 2.80. The highest BCUT2D eigenvalue weighted by Crippen LogP contribution is 2.38. The molecule has 2 aromatic carbocycles. The van der Waals surface area contributed by atoms with Crippen molar-refractivity contribution >= 4 is 0 Å². The molecule has 2 nitrogen and oxygen atoms in total. The van der Waals surface area contributed by atoms with Gasteiger partial charge in [0.25, 0.3) is 0 Å². The Morgan fingerprint density at radius 1 is 0.895 bits per heavy atom. The number of fused-ring (bicyclic) bond motifs is 1. The van der Waals surface area contributed by atoms with Gasteiger partial charge >= 0.3 is 0 Å². The van der Waals surface area contributed by atoms with Gasteiger partial charge in [-0.15, -0.1) is 0 Å². The first-order valence-corrected chi connectivity index (χ1v) is 7.02. The van der Waals surface area contributed by atoms with Gasteiger partial charge in [0.05, 0.1) is 6.04 Å². The third-order valence-corrected chi connectivity index (χ3v) is 4.45. The Kier molecular flexibility index (Phi) is 2.64. The van der Waals surface area contributed by atoms with E-state index in [1.54, 1.807) is 0 Å². The molecule has 2 aliphatic heterocycles. The number of nitrogens with zero attached hydrogens (tertiary/aromatic N) is 1. The number of benzene rings is 2. The van der Waals surface area contributed by atoms with Gasteiger partial charge in [-0.05, 0) is 11.1 Å². The molecule has 2 fully saturated rings. The van der Waals surface area contributed by atoms with Crippen LogP contribution in [0.2, 0.25) is 0 Å². The topological polar surface area (TPSA) is 15.3 Å². The fourth-order valence-electron chi connectivity index (χ4n) is 3.29. The molecule has 0 aromatic heterocycles. The molecule has 1 N–H and O–H groups in total. The highest BCUT2D eigenvalue weighted by Gasteiger charge is 2.48. The standard InChI is InChI=1S/C17H18N2/c1-3-7-13(8-4-1)17(14-9-5-2-6-10-14)19-12-15-16(19)11-18-15/h1-10,15-18H,11-12H2/t15-,16?/m1/s1. The van der Waals surface area contributed by atoms with E-state index in [0.717, 1.165) is 18.6 Å². The van der Waals surface area contributed by atoms with Crippen molar-refractivity contribution in [3.63, 3.8) is 0 Å². The number of hydrogen-bond donors (Lipinski definition) is 1. The smallest absolute Gasteiger partial charge is 0.0605 e. The molecule has 2 heterocycles. The van der Waals surface area contributed by atoms with E-state index in [4.69, 9.17) is 0 Å². The van der Waals surface area contributed by atoms with Gasteiger partial charge in [-0.25, -0.2) is 0 Å². The van der Waals surface area contributed by atoms with Crippen LogP contribution in [0.3, 0.4) is 0 Å². The summed E-state index contributed by atoms with van der Waals surface area (Å²) in [5.74, 6) is 0. The zero-order chi connectivity index (χ0) is 12.7. The van der Waals surface area contributed by atoms with E-state index in [9.17, 15) is 0 Å². The van der Waals surface area contributed by atoms with Crippen LogP contribution in [0.25, 0.3) is 0 Å².